The van der Waals surface area contributed by atoms with Crippen molar-refractivity contribution in [2.45, 2.75) is 44.7 Å². The lowest BCUT2D eigenvalue weighted by Crippen LogP contribution is -2.53. The molecular weight excluding hydrogens is 282 g/mol. The number of piperidine rings is 1. The first-order chi connectivity index (χ1) is 10.6. The molecule has 0 radical (unpaired) electrons. The van der Waals surface area contributed by atoms with Gasteiger partial charge in [0, 0.05) is 31.3 Å². The van der Waals surface area contributed by atoms with E-state index >= 15 is 0 Å². The van der Waals surface area contributed by atoms with E-state index in [1.807, 2.05) is 31.2 Å². The van der Waals surface area contributed by atoms with Crippen molar-refractivity contribution in [3.63, 3.8) is 0 Å². The fourth-order valence-electron chi connectivity index (χ4n) is 2.69. The summed E-state index contributed by atoms with van der Waals surface area (Å²) in [4.78, 5) is 27.6. The second-order valence-electron chi connectivity index (χ2n) is 5.64. The molecule has 2 unspecified atom stereocenters. The van der Waals surface area contributed by atoms with Gasteiger partial charge in [0.15, 0.2) is 11.5 Å². The first-order valence-electron chi connectivity index (χ1n) is 7.55. The van der Waals surface area contributed by atoms with Crippen LogP contribution in [0.5, 0.6) is 0 Å². The highest BCUT2D eigenvalue weighted by atomic mass is 16.3. The Balaban J connectivity index is 1.52. The van der Waals surface area contributed by atoms with Gasteiger partial charge in [0.2, 0.25) is 11.8 Å². The molecule has 22 heavy (non-hydrogen) atoms. The van der Waals surface area contributed by atoms with Crippen molar-refractivity contribution in [3.8, 4) is 0 Å². The maximum atomic E-state index is 12.0. The van der Waals surface area contributed by atoms with Crippen molar-refractivity contribution in [3.05, 3.63) is 30.2 Å². The maximum absolute atomic E-state index is 12.0. The van der Waals surface area contributed by atoms with Crippen molar-refractivity contribution < 1.29 is 14.0 Å². The Morgan fingerprint density at radius 3 is 3.05 bits per heavy atom. The number of nitrogens with zero attached hydrogens (tertiary/aromatic N) is 1. The number of para-hydroxylation sites is 2. The monoisotopic (exact) mass is 301 g/mol. The van der Waals surface area contributed by atoms with Crippen LogP contribution in [0, 0.1) is 0 Å². The van der Waals surface area contributed by atoms with Gasteiger partial charge in [-0.3, -0.25) is 9.59 Å². The Hall–Kier alpha value is -2.37. The molecule has 1 aliphatic rings. The number of aryl methyl sites for hydroxylation is 1. The fourth-order valence-corrected chi connectivity index (χ4v) is 2.69. The molecule has 116 valence electrons. The Kier molecular flexibility index (Phi) is 4.09. The van der Waals surface area contributed by atoms with Crippen LogP contribution in [0.4, 0.5) is 0 Å². The second kappa shape index (κ2) is 6.17. The second-order valence-corrected chi connectivity index (χ2v) is 5.64. The summed E-state index contributed by atoms with van der Waals surface area (Å²) in [7, 11) is 0. The Morgan fingerprint density at radius 1 is 1.45 bits per heavy atom. The van der Waals surface area contributed by atoms with Crippen molar-refractivity contribution >= 4 is 22.9 Å². The standard InChI is InChI=1S/C16H19N3O3/c1-10-11(6-7-14(20)17-10)18-15(21)8-9-16-19-12-4-2-3-5-13(12)22-16/h2-5,10-11H,6-9H2,1H3,(H,17,20)(H,18,21). The predicted octanol–water partition coefficient (Wildman–Crippen LogP) is 1.54. The lowest BCUT2D eigenvalue weighted by atomic mass is 9.99. The van der Waals surface area contributed by atoms with Crippen LogP contribution in [0.1, 0.15) is 32.1 Å². The van der Waals surface area contributed by atoms with Crippen LogP contribution in [0.3, 0.4) is 0 Å². The van der Waals surface area contributed by atoms with E-state index in [-0.39, 0.29) is 23.9 Å². The Labute approximate surface area is 128 Å². The number of nitrogens with one attached hydrogen (secondary N) is 2. The summed E-state index contributed by atoms with van der Waals surface area (Å²) in [5, 5.41) is 5.81. The minimum Gasteiger partial charge on any atom is -0.441 e. The van der Waals surface area contributed by atoms with Crippen LogP contribution in [-0.2, 0) is 16.0 Å². The van der Waals surface area contributed by atoms with Gasteiger partial charge in [-0.05, 0) is 25.5 Å². The van der Waals surface area contributed by atoms with Gasteiger partial charge in [0.1, 0.15) is 5.52 Å². The third kappa shape index (κ3) is 3.27. The minimum atomic E-state index is -0.0461. The van der Waals surface area contributed by atoms with Gasteiger partial charge in [-0.25, -0.2) is 4.98 Å². The molecule has 0 aliphatic carbocycles. The van der Waals surface area contributed by atoms with Crippen LogP contribution in [0.25, 0.3) is 11.1 Å². The van der Waals surface area contributed by atoms with Crippen molar-refractivity contribution in [2.75, 3.05) is 0 Å². The predicted molar refractivity (Wildman–Crippen MR) is 81.1 cm³/mol. The molecule has 0 saturated carbocycles. The SMILES string of the molecule is CC1NC(=O)CCC1NC(=O)CCc1nc2ccccc2o1. The molecule has 2 amide bonds. The number of aromatic nitrogens is 1. The number of hydrogen-bond acceptors (Lipinski definition) is 4. The highest BCUT2D eigenvalue weighted by molar-refractivity contribution is 5.79. The maximum Gasteiger partial charge on any atom is 0.220 e. The van der Waals surface area contributed by atoms with E-state index in [1.165, 1.54) is 0 Å². The highest BCUT2D eigenvalue weighted by Crippen LogP contribution is 2.16. The van der Waals surface area contributed by atoms with E-state index in [4.69, 9.17) is 4.42 Å². The number of hydrogen-bond donors (Lipinski definition) is 2. The van der Waals surface area contributed by atoms with Crippen molar-refractivity contribution in [1.29, 1.82) is 0 Å². The normalized spacial score (nSPS) is 21.6. The average Bonchev–Trinajstić information content (AvgIpc) is 2.91. The quantitative estimate of drug-likeness (QED) is 0.897. The molecule has 2 heterocycles. The van der Waals surface area contributed by atoms with E-state index in [0.717, 1.165) is 11.1 Å². The van der Waals surface area contributed by atoms with Crippen LogP contribution in [0.2, 0.25) is 0 Å². The molecule has 1 aromatic carbocycles. The lowest BCUT2D eigenvalue weighted by Gasteiger charge is -2.30. The zero-order valence-corrected chi connectivity index (χ0v) is 12.5. The van der Waals surface area contributed by atoms with Crippen LogP contribution >= 0.6 is 0 Å². The third-order valence-electron chi connectivity index (χ3n) is 3.93. The number of rotatable bonds is 4. The summed E-state index contributed by atoms with van der Waals surface area (Å²) in [5.74, 6) is 0.570. The molecule has 1 fully saturated rings. The Morgan fingerprint density at radius 2 is 2.27 bits per heavy atom. The van der Waals surface area contributed by atoms with Crippen LogP contribution in [0.15, 0.2) is 28.7 Å². The van der Waals surface area contributed by atoms with Gasteiger partial charge >= 0.3 is 0 Å². The summed E-state index contributed by atoms with van der Waals surface area (Å²) in [5.41, 5.74) is 1.54. The molecule has 2 atom stereocenters. The van der Waals surface area contributed by atoms with Gasteiger partial charge in [0.25, 0.3) is 0 Å². The topological polar surface area (TPSA) is 84.2 Å². The van der Waals surface area contributed by atoms with E-state index in [9.17, 15) is 9.59 Å². The molecule has 6 nitrogen and oxygen atoms in total. The largest absolute Gasteiger partial charge is 0.441 e. The highest BCUT2D eigenvalue weighted by Gasteiger charge is 2.26. The lowest BCUT2D eigenvalue weighted by molar-refractivity contribution is -0.126. The zero-order valence-electron chi connectivity index (χ0n) is 12.5. The molecular formula is C16H19N3O3. The van der Waals surface area contributed by atoms with E-state index < -0.39 is 0 Å². The number of oxazole rings is 1. The molecule has 2 N–H and O–H groups in total. The molecule has 0 bridgehead atoms. The van der Waals surface area contributed by atoms with Gasteiger partial charge in [-0.15, -0.1) is 0 Å². The number of amides is 2. The first-order valence-corrected chi connectivity index (χ1v) is 7.55. The molecule has 1 aromatic heterocycles. The zero-order chi connectivity index (χ0) is 15.5. The van der Waals surface area contributed by atoms with E-state index in [0.29, 0.717) is 31.6 Å². The minimum absolute atomic E-state index is 0.00571. The molecule has 0 spiro atoms. The molecule has 1 aliphatic heterocycles. The summed E-state index contributed by atoms with van der Waals surface area (Å²) in [6, 6.07) is 7.50. The first kappa shape index (κ1) is 14.6. The van der Waals surface area contributed by atoms with Gasteiger partial charge < -0.3 is 15.1 Å². The molecule has 3 rings (SSSR count). The number of carbonyl (C=O) groups is 2. The summed E-state index contributed by atoms with van der Waals surface area (Å²) >= 11 is 0. The summed E-state index contributed by atoms with van der Waals surface area (Å²) in [6.07, 6.45) is 1.93. The van der Waals surface area contributed by atoms with E-state index in [1.54, 1.807) is 0 Å². The number of fused-ring (bicyclic) bond motifs is 1. The molecule has 1 saturated heterocycles. The van der Waals surface area contributed by atoms with Gasteiger partial charge in [-0.1, -0.05) is 12.1 Å². The van der Waals surface area contributed by atoms with Crippen LogP contribution < -0.4 is 10.6 Å². The van der Waals surface area contributed by atoms with Crippen molar-refractivity contribution in [2.24, 2.45) is 0 Å². The van der Waals surface area contributed by atoms with E-state index in [2.05, 4.69) is 15.6 Å². The van der Waals surface area contributed by atoms with Gasteiger partial charge in [-0.2, -0.15) is 0 Å². The Bertz CT molecular complexity index is 662. The average molecular weight is 301 g/mol. The summed E-state index contributed by atoms with van der Waals surface area (Å²) < 4.78 is 5.60. The van der Waals surface area contributed by atoms with Crippen LogP contribution in [-0.4, -0.2) is 28.9 Å². The van der Waals surface area contributed by atoms with Crippen molar-refractivity contribution in [1.82, 2.24) is 15.6 Å². The molecule has 2 aromatic rings. The fraction of sp³-hybridized carbons (Fsp3) is 0.438. The van der Waals surface area contributed by atoms with Gasteiger partial charge in [0.05, 0.1) is 0 Å². The molecule has 6 heteroatoms. The summed E-state index contributed by atoms with van der Waals surface area (Å²) in [6.45, 7) is 1.91. The third-order valence-corrected chi connectivity index (χ3v) is 3.93. The number of carbonyl (C=O) groups excluding carboxylic acids is 2. The number of benzene rings is 1. The smallest absolute Gasteiger partial charge is 0.220 e.